The quantitative estimate of drug-likeness (QED) is 0.454. The standard InChI is InChI=1S/C26H21ClF2N4O3/c27-17-13-23-24(34)30-14-18(33(23)15-17)11-16-5-6-22(29)20(12-16)26(36)32-9-7-31(8-10-32)25(35)19-3-1-2-4-21(19)28/h1-6,12-15H,7-11H2,(H,30,34). The molecule has 4 aromatic rings. The fourth-order valence-corrected chi connectivity index (χ4v) is 4.62. The van der Waals surface area contributed by atoms with Crippen LogP contribution in [0.1, 0.15) is 32.0 Å². The molecule has 3 heterocycles. The molecular formula is C26H21ClF2N4O3. The van der Waals surface area contributed by atoms with Crippen LogP contribution in [-0.4, -0.2) is 57.2 Å². The predicted octanol–water partition coefficient (Wildman–Crippen LogP) is 3.75. The van der Waals surface area contributed by atoms with Crippen molar-refractivity contribution in [1.82, 2.24) is 19.2 Å². The summed E-state index contributed by atoms with van der Waals surface area (Å²) in [5, 5.41) is 0.413. The zero-order chi connectivity index (χ0) is 25.4. The van der Waals surface area contributed by atoms with Crippen molar-refractivity contribution in [3.05, 3.63) is 110 Å². The molecule has 0 bridgehead atoms. The molecule has 0 radical (unpaired) electrons. The van der Waals surface area contributed by atoms with Gasteiger partial charge in [-0.25, -0.2) is 8.78 Å². The molecule has 184 valence electrons. The summed E-state index contributed by atoms with van der Waals surface area (Å²) < 4.78 is 30.3. The third kappa shape index (κ3) is 4.49. The van der Waals surface area contributed by atoms with Gasteiger partial charge < -0.3 is 19.2 Å². The van der Waals surface area contributed by atoms with E-state index in [1.165, 1.54) is 40.1 Å². The van der Waals surface area contributed by atoms with Gasteiger partial charge >= 0.3 is 0 Å². The van der Waals surface area contributed by atoms with Crippen molar-refractivity contribution in [2.75, 3.05) is 26.2 Å². The van der Waals surface area contributed by atoms with Crippen molar-refractivity contribution in [3.8, 4) is 0 Å². The molecule has 1 fully saturated rings. The van der Waals surface area contributed by atoms with Gasteiger partial charge in [0.15, 0.2) is 0 Å². The number of hydrogen-bond acceptors (Lipinski definition) is 3. The van der Waals surface area contributed by atoms with E-state index in [0.717, 1.165) is 0 Å². The first-order valence-electron chi connectivity index (χ1n) is 11.3. The Balaban J connectivity index is 1.31. The summed E-state index contributed by atoms with van der Waals surface area (Å²) in [6, 6.07) is 11.6. The maximum Gasteiger partial charge on any atom is 0.272 e. The summed E-state index contributed by atoms with van der Waals surface area (Å²) in [5.74, 6) is -2.17. The Labute approximate surface area is 209 Å². The van der Waals surface area contributed by atoms with E-state index in [1.54, 1.807) is 35.0 Å². The normalized spacial score (nSPS) is 13.9. The zero-order valence-corrected chi connectivity index (χ0v) is 19.8. The fourth-order valence-electron chi connectivity index (χ4n) is 4.41. The molecule has 1 N–H and O–H groups in total. The Morgan fingerprint density at radius 2 is 1.53 bits per heavy atom. The van der Waals surface area contributed by atoms with Crippen LogP contribution >= 0.6 is 11.6 Å². The summed E-state index contributed by atoms with van der Waals surface area (Å²) in [7, 11) is 0. The molecule has 2 aromatic carbocycles. The number of benzene rings is 2. The molecule has 0 aliphatic carbocycles. The Hall–Kier alpha value is -3.98. The summed E-state index contributed by atoms with van der Waals surface area (Å²) in [6.07, 6.45) is 3.51. The second-order valence-corrected chi connectivity index (χ2v) is 9.01. The number of fused-ring (bicyclic) bond motifs is 1. The van der Waals surface area contributed by atoms with Crippen molar-refractivity contribution < 1.29 is 18.4 Å². The highest BCUT2D eigenvalue weighted by Gasteiger charge is 2.28. The van der Waals surface area contributed by atoms with Crippen LogP contribution in [-0.2, 0) is 6.42 Å². The van der Waals surface area contributed by atoms with Crippen LogP contribution in [0.25, 0.3) is 5.52 Å². The van der Waals surface area contributed by atoms with Gasteiger partial charge in [0, 0.05) is 50.7 Å². The number of hydrogen-bond donors (Lipinski definition) is 1. The first-order valence-corrected chi connectivity index (χ1v) is 11.7. The molecule has 0 atom stereocenters. The monoisotopic (exact) mass is 510 g/mol. The first kappa shape index (κ1) is 23.7. The summed E-state index contributed by atoms with van der Waals surface area (Å²) in [5.41, 5.74) is 1.39. The smallest absolute Gasteiger partial charge is 0.272 e. The van der Waals surface area contributed by atoms with E-state index in [9.17, 15) is 23.2 Å². The summed E-state index contributed by atoms with van der Waals surface area (Å²) in [4.78, 5) is 43.5. The van der Waals surface area contributed by atoms with Gasteiger partial charge in [0.05, 0.1) is 16.1 Å². The van der Waals surface area contributed by atoms with Crippen molar-refractivity contribution >= 4 is 28.9 Å². The number of aromatic amines is 1. The van der Waals surface area contributed by atoms with Crippen LogP contribution in [0.15, 0.2) is 65.7 Å². The van der Waals surface area contributed by atoms with Gasteiger partial charge in [0.25, 0.3) is 17.4 Å². The highest BCUT2D eigenvalue weighted by Crippen LogP contribution is 2.20. The Morgan fingerprint density at radius 1 is 0.889 bits per heavy atom. The minimum atomic E-state index is -0.649. The van der Waals surface area contributed by atoms with Gasteiger partial charge in [-0.2, -0.15) is 0 Å². The molecule has 10 heteroatoms. The highest BCUT2D eigenvalue weighted by atomic mass is 35.5. The van der Waals surface area contributed by atoms with Gasteiger partial charge in [-0.15, -0.1) is 0 Å². The summed E-state index contributed by atoms with van der Waals surface area (Å²) in [6.45, 7) is 0.824. The van der Waals surface area contributed by atoms with Gasteiger partial charge in [-0.1, -0.05) is 29.8 Å². The molecule has 1 saturated heterocycles. The van der Waals surface area contributed by atoms with Crippen LogP contribution in [0.5, 0.6) is 0 Å². The Bertz CT molecular complexity index is 1540. The molecule has 0 saturated carbocycles. The van der Waals surface area contributed by atoms with Crippen molar-refractivity contribution in [3.63, 3.8) is 0 Å². The lowest BCUT2D eigenvalue weighted by Crippen LogP contribution is -2.50. The maximum atomic E-state index is 14.7. The molecular weight excluding hydrogens is 490 g/mol. The van der Waals surface area contributed by atoms with Gasteiger partial charge in [-0.05, 0) is 35.9 Å². The number of H-pyrrole nitrogens is 1. The highest BCUT2D eigenvalue weighted by molar-refractivity contribution is 6.31. The minimum absolute atomic E-state index is 0.0173. The van der Waals surface area contributed by atoms with Gasteiger partial charge in [-0.3, -0.25) is 14.4 Å². The number of rotatable bonds is 4. The lowest BCUT2D eigenvalue weighted by Gasteiger charge is -2.35. The average molecular weight is 511 g/mol. The minimum Gasteiger partial charge on any atom is -0.335 e. The van der Waals surface area contributed by atoms with E-state index in [1.807, 2.05) is 0 Å². The number of carbonyl (C=O) groups excluding carboxylic acids is 2. The van der Waals surface area contributed by atoms with Crippen LogP contribution < -0.4 is 5.56 Å². The molecule has 1 aliphatic heterocycles. The van der Waals surface area contributed by atoms with E-state index in [-0.39, 0.29) is 42.9 Å². The maximum absolute atomic E-state index is 14.7. The van der Waals surface area contributed by atoms with E-state index in [0.29, 0.717) is 28.2 Å². The Kier molecular flexibility index (Phi) is 6.32. The van der Waals surface area contributed by atoms with Crippen LogP contribution in [0, 0.1) is 11.6 Å². The van der Waals surface area contributed by atoms with Crippen LogP contribution in [0.2, 0.25) is 5.02 Å². The largest absolute Gasteiger partial charge is 0.335 e. The molecule has 5 rings (SSSR count). The van der Waals surface area contributed by atoms with E-state index in [2.05, 4.69) is 4.98 Å². The van der Waals surface area contributed by atoms with Crippen LogP contribution in [0.3, 0.4) is 0 Å². The van der Waals surface area contributed by atoms with E-state index < -0.39 is 23.4 Å². The van der Waals surface area contributed by atoms with E-state index >= 15 is 0 Å². The van der Waals surface area contributed by atoms with Gasteiger partial charge in [0.2, 0.25) is 0 Å². The molecule has 0 unspecified atom stereocenters. The number of aromatic nitrogens is 2. The number of nitrogens with zero attached hydrogens (tertiary/aromatic N) is 3. The molecule has 7 nitrogen and oxygen atoms in total. The SMILES string of the molecule is O=C(c1ccccc1F)N1CCN(C(=O)c2cc(Cc3c[nH]c(=O)c4cc(Cl)cn34)ccc2F)CC1. The Morgan fingerprint density at radius 3 is 2.22 bits per heavy atom. The number of amides is 2. The second kappa shape index (κ2) is 9.58. The van der Waals surface area contributed by atoms with Gasteiger partial charge in [0.1, 0.15) is 17.2 Å². The fraction of sp³-hybridized carbons (Fsp3) is 0.192. The van der Waals surface area contributed by atoms with Crippen LogP contribution in [0.4, 0.5) is 8.78 Å². The topological polar surface area (TPSA) is 77.9 Å². The predicted molar refractivity (Wildman–Crippen MR) is 130 cm³/mol. The molecule has 0 spiro atoms. The van der Waals surface area contributed by atoms with Crippen molar-refractivity contribution in [2.45, 2.75) is 6.42 Å². The number of carbonyl (C=O) groups is 2. The number of halogens is 3. The summed E-state index contributed by atoms with van der Waals surface area (Å²) >= 11 is 6.06. The number of piperazine rings is 1. The van der Waals surface area contributed by atoms with Crippen molar-refractivity contribution in [1.29, 1.82) is 0 Å². The third-order valence-corrected chi connectivity index (χ3v) is 6.51. The first-order chi connectivity index (χ1) is 17.3. The zero-order valence-electron chi connectivity index (χ0n) is 19.0. The third-order valence-electron chi connectivity index (χ3n) is 6.30. The van der Waals surface area contributed by atoms with Crippen molar-refractivity contribution in [2.24, 2.45) is 0 Å². The lowest BCUT2D eigenvalue weighted by molar-refractivity contribution is 0.0530. The molecule has 1 aliphatic rings. The molecule has 36 heavy (non-hydrogen) atoms. The number of nitrogens with one attached hydrogen (secondary N) is 1. The second-order valence-electron chi connectivity index (χ2n) is 8.58. The average Bonchev–Trinajstić information content (AvgIpc) is 3.29. The molecule has 2 aromatic heterocycles. The lowest BCUT2D eigenvalue weighted by atomic mass is 10.0. The molecule has 2 amide bonds. The van der Waals surface area contributed by atoms with E-state index in [4.69, 9.17) is 11.6 Å².